The first kappa shape index (κ1) is 22.0. The molecule has 156 valence electrons. The Bertz CT molecular complexity index is 639. The number of hydrogen-bond donors (Lipinski definition) is 2. The molecule has 1 aromatic carbocycles. The highest BCUT2D eigenvalue weighted by Crippen LogP contribution is 2.13. The largest absolute Gasteiger partial charge is 0.450 e. The number of guanidine groups is 1. The zero-order chi connectivity index (χ0) is 20.4. The number of aliphatic imine (C=N–C) groups is 1. The van der Waals surface area contributed by atoms with Crippen molar-refractivity contribution in [2.75, 3.05) is 40.3 Å². The Kier molecular flexibility index (Phi) is 9.07. The molecule has 2 rings (SSSR count). The number of rotatable bonds is 7. The number of carbonyl (C=O) groups excluding carboxylic acids is 1. The minimum atomic E-state index is -0.209. The molecule has 0 radical (unpaired) electrons. The van der Waals surface area contributed by atoms with Crippen LogP contribution >= 0.6 is 0 Å². The molecule has 1 fully saturated rings. The van der Waals surface area contributed by atoms with Crippen molar-refractivity contribution in [1.82, 2.24) is 20.4 Å². The quantitative estimate of drug-likeness (QED) is 0.554. The molecule has 0 atom stereocenters. The second-order valence-electron chi connectivity index (χ2n) is 7.31. The van der Waals surface area contributed by atoms with Crippen molar-refractivity contribution in [3.05, 3.63) is 35.4 Å². The molecule has 1 aliphatic rings. The van der Waals surface area contributed by atoms with Gasteiger partial charge in [-0.2, -0.15) is 0 Å². The van der Waals surface area contributed by atoms with E-state index < -0.39 is 0 Å². The van der Waals surface area contributed by atoms with Crippen LogP contribution in [0.2, 0.25) is 0 Å². The predicted octanol–water partition coefficient (Wildman–Crippen LogP) is 2.42. The van der Waals surface area contributed by atoms with E-state index in [9.17, 15) is 4.79 Å². The lowest BCUT2D eigenvalue weighted by atomic mass is 10.1. The average Bonchev–Trinajstić information content (AvgIpc) is 2.67. The summed E-state index contributed by atoms with van der Waals surface area (Å²) < 4.78 is 5.09. The second kappa shape index (κ2) is 11.5. The zero-order valence-corrected chi connectivity index (χ0v) is 17.7. The first-order chi connectivity index (χ1) is 13.5. The number of nitrogens with zero attached hydrogens (tertiary/aromatic N) is 3. The SMILES string of the molecule is CCNC(=NCc1ccccc1CN(C)C)NC1CCN(C(=O)OCC)CC1. The Morgan fingerprint density at radius 3 is 2.50 bits per heavy atom. The Labute approximate surface area is 169 Å². The van der Waals surface area contributed by atoms with Crippen LogP contribution in [-0.2, 0) is 17.8 Å². The van der Waals surface area contributed by atoms with Crippen molar-refractivity contribution >= 4 is 12.1 Å². The molecule has 1 aliphatic heterocycles. The van der Waals surface area contributed by atoms with Gasteiger partial charge in [0.25, 0.3) is 0 Å². The zero-order valence-electron chi connectivity index (χ0n) is 17.7. The summed E-state index contributed by atoms with van der Waals surface area (Å²) in [7, 11) is 4.16. The van der Waals surface area contributed by atoms with Gasteiger partial charge in [0.05, 0.1) is 13.2 Å². The number of likely N-dealkylation sites (tertiary alicyclic amines) is 1. The minimum absolute atomic E-state index is 0.209. The Morgan fingerprint density at radius 2 is 1.89 bits per heavy atom. The lowest BCUT2D eigenvalue weighted by molar-refractivity contribution is 0.0963. The summed E-state index contributed by atoms with van der Waals surface area (Å²) in [6, 6.07) is 8.75. The summed E-state index contributed by atoms with van der Waals surface area (Å²) in [6.45, 7) is 8.10. The number of ether oxygens (including phenoxy) is 1. The highest BCUT2D eigenvalue weighted by Gasteiger charge is 2.24. The van der Waals surface area contributed by atoms with Gasteiger partial charge in [-0.05, 0) is 51.9 Å². The molecule has 0 spiro atoms. The Balaban J connectivity index is 1.94. The van der Waals surface area contributed by atoms with Crippen LogP contribution in [0, 0.1) is 0 Å². The van der Waals surface area contributed by atoms with E-state index in [1.54, 1.807) is 4.90 Å². The molecule has 2 N–H and O–H groups in total. The first-order valence-electron chi connectivity index (χ1n) is 10.2. The molecule has 0 aromatic heterocycles. The standard InChI is InChI=1S/C21H35N5O2/c1-5-22-20(23-15-17-9-7-8-10-18(17)16-25(3)4)24-19-11-13-26(14-12-19)21(27)28-6-2/h7-10,19H,5-6,11-16H2,1-4H3,(H2,22,23,24). The van der Waals surface area contributed by atoms with Crippen LogP contribution in [0.5, 0.6) is 0 Å². The molecule has 0 aliphatic carbocycles. The summed E-state index contributed by atoms with van der Waals surface area (Å²) >= 11 is 0. The molecule has 1 aromatic rings. The van der Waals surface area contributed by atoms with E-state index in [-0.39, 0.29) is 6.09 Å². The Hall–Kier alpha value is -2.28. The lowest BCUT2D eigenvalue weighted by Crippen LogP contribution is -2.49. The molecule has 1 saturated heterocycles. The fourth-order valence-electron chi connectivity index (χ4n) is 3.31. The number of nitrogens with one attached hydrogen (secondary N) is 2. The second-order valence-corrected chi connectivity index (χ2v) is 7.31. The highest BCUT2D eigenvalue weighted by atomic mass is 16.6. The van der Waals surface area contributed by atoms with E-state index in [0.717, 1.165) is 31.9 Å². The van der Waals surface area contributed by atoms with Gasteiger partial charge >= 0.3 is 6.09 Å². The van der Waals surface area contributed by atoms with Gasteiger partial charge < -0.3 is 25.2 Å². The molecule has 0 saturated carbocycles. The third-order valence-corrected chi connectivity index (χ3v) is 4.72. The van der Waals surface area contributed by atoms with Crippen LogP contribution in [0.3, 0.4) is 0 Å². The fraction of sp³-hybridized carbons (Fsp3) is 0.619. The van der Waals surface area contributed by atoms with Gasteiger partial charge in [-0.3, -0.25) is 0 Å². The van der Waals surface area contributed by atoms with E-state index in [1.807, 2.05) is 6.92 Å². The summed E-state index contributed by atoms with van der Waals surface area (Å²) in [5.41, 5.74) is 2.54. The van der Waals surface area contributed by atoms with Crippen molar-refractivity contribution < 1.29 is 9.53 Å². The third-order valence-electron chi connectivity index (χ3n) is 4.72. The maximum absolute atomic E-state index is 11.8. The van der Waals surface area contributed by atoms with Crippen LogP contribution in [-0.4, -0.2) is 68.2 Å². The fourth-order valence-corrected chi connectivity index (χ4v) is 3.31. The van der Waals surface area contributed by atoms with Gasteiger partial charge in [-0.15, -0.1) is 0 Å². The summed E-state index contributed by atoms with van der Waals surface area (Å²) in [5.74, 6) is 0.830. The first-order valence-corrected chi connectivity index (χ1v) is 10.2. The molecule has 7 nitrogen and oxygen atoms in total. The molecule has 1 heterocycles. The van der Waals surface area contributed by atoms with Gasteiger partial charge in [0.2, 0.25) is 0 Å². The molecule has 7 heteroatoms. The minimum Gasteiger partial charge on any atom is -0.450 e. The van der Waals surface area contributed by atoms with Crippen molar-refractivity contribution in [2.24, 2.45) is 4.99 Å². The van der Waals surface area contributed by atoms with Crippen LogP contribution in [0.25, 0.3) is 0 Å². The van der Waals surface area contributed by atoms with Gasteiger partial charge in [0.15, 0.2) is 5.96 Å². The predicted molar refractivity (Wildman–Crippen MR) is 113 cm³/mol. The van der Waals surface area contributed by atoms with E-state index in [0.29, 0.717) is 32.3 Å². The summed E-state index contributed by atoms with van der Waals surface area (Å²) in [4.78, 5) is 20.6. The van der Waals surface area contributed by atoms with E-state index in [1.165, 1.54) is 11.1 Å². The van der Waals surface area contributed by atoms with Crippen LogP contribution in [0.1, 0.15) is 37.8 Å². The lowest BCUT2D eigenvalue weighted by Gasteiger charge is -2.32. The Morgan fingerprint density at radius 1 is 1.21 bits per heavy atom. The average molecular weight is 390 g/mol. The van der Waals surface area contributed by atoms with Gasteiger partial charge in [-0.1, -0.05) is 24.3 Å². The van der Waals surface area contributed by atoms with Crippen LogP contribution in [0.15, 0.2) is 29.3 Å². The van der Waals surface area contributed by atoms with Crippen LogP contribution < -0.4 is 10.6 Å². The maximum Gasteiger partial charge on any atom is 0.409 e. The highest BCUT2D eigenvalue weighted by molar-refractivity contribution is 5.80. The molecule has 0 unspecified atom stereocenters. The van der Waals surface area contributed by atoms with Gasteiger partial charge in [0.1, 0.15) is 0 Å². The smallest absolute Gasteiger partial charge is 0.409 e. The molecule has 28 heavy (non-hydrogen) atoms. The van der Waals surface area contributed by atoms with E-state index in [2.05, 4.69) is 60.8 Å². The number of benzene rings is 1. The van der Waals surface area contributed by atoms with Crippen molar-refractivity contribution in [3.8, 4) is 0 Å². The van der Waals surface area contributed by atoms with E-state index in [4.69, 9.17) is 9.73 Å². The van der Waals surface area contributed by atoms with Crippen molar-refractivity contribution in [1.29, 1.82) is 0 Å². The number of carbonyl (C=O) groups is 1. The van der Waals surface area contributed by atoms with Crippen LogP contribution in [0.4, 0.5) is 4.79 Å². The number of piperidine rings is 1. The molecule has 0 bridgehead atoms. The molecular formula is C21H35N5O2. The number of amides is 1. The maximum atomic E-state index is 11.8. The summed E-state index contributed by atoms with van der Waals surface area (Å²) in [6.07, 6.45) is 1.57. The number of hydrogen-bond acceptors (Lipinski definition) is 4. The molecule has 1 amide bonds. The normalized spacial score (nSPS) is 15.6. The third kappa shape index (κ3) is 7.03. The van der Waals surface area contributed by atoms with Gasteiger partial charge in [-0.25, -0.2) is 9.79 Å². The molecular weight excluding hydrogens is 354 g/mol. The van der Waals surface area contributed by atoms with Crippen molar-refractivity contribution in [2.45, 2.75) is 45.8 Å². The topological polar surface area (TPSA) is 69.2 Å². The monoisotopic (exact) mass is 389 g/mol. The van der Waals surface area contributed by atoms with Gasteiger partial charge in [0, 0.05) is 32.2 Å². The van der Waals surface area contributed by atoms with E-state index >= 15 is 0 Å². The van der Waals surface area contributed by atoms with Crippen molar-refractivity contribution in [3.63, 3.8) is 0 Å². The summed E-state index contributed by atoms with van der Waals surface area (Å²) in [5, 5.41) is 6.87.